The highest BCUT2D eigenvalue weighted by atomic mass is 16.4. The minimum Gasteiger partial charge on any atom is -0.465 e. The highest BCUT2D eigenvalue weighted by Crippen LogP contribution is 2.38. The molecular formula is C29H41N3O4. The Bertz CT molecular complexity index is 983. The van der Waals surface area contributed by atoms with E-state index in [2.05, 4.69) is 24.1 Å². The molecule has 2 aromatic rings. The second-order valence-electron chi connectivity index (χ2n) is 10.7. The van der Waals surface area contributed by atoms with Crippen LogP contribution in [0.25, 0.3) is 0 Å². The van der Waals surface area contributed by atoms with Gasteiger partial charge in [-0.05, 0) is 36.3 Å². The monoisotopic (exact) mass is 495 g/mol. The smallest absolute Gasteiger partial charge is 0.408 e. The van der Waals surface area contributed by atoms with E-state index in [0.29, 0.717) is 25.8 Å². The molecular weight excluding hydrogens is 454 g/mol. The number of carbonyl (C=O) groups is 2. The van der Waals surface area contributed by atoms with E-state index >= 15 is 0 Å². The molecule has 0 bridgehead atoms. The van der Waals surface area contributed by atoms with Gasteiger partial charge in [-0.3, -0.25) is 14.6 Å². The number of aliphatic hydroxyl groups excluding tert-OH is 1. The van der Waals surface area contributed by atoms with E-state index in [1.807, 2.05) is 74.5 Å². The number of likely N-dealkylation sites (tertiary alicyclic amines) is 1. The SMILES string of the molecule is CCCC[C@@H](C(O)C(=O)N[C@H](C)c1ccccc1)N(C(=O)O)C1CC(C)(C)CN1Cc1ccccc1. The topological polar surface area (TPSA) is 93.1 Å². The van der Waals surface area contributed by atoms with Crippen LogP contribution in [0.15, 0.2) is 60.7 Å². The van der Waals surface area contributed by atoms with Crippen LogP contribution in [0.4, 0.5) is 4.79 Å². The number of aliphatic hydroxyl groups is 1. The summed E-state index contributed by atoms with van der Waals surface area (Å²) in [6, 6.07) is 18.4. The van der Waals surface area contributed by atoms with Gasteiger partial charge in [0.15, 0.2) is 6.10 Å². The van der Waals surface area contributed by atoms with Gasteiger partial charge in [-0.2, -0.15) is 0 Å². The summed E-state index contributed by atoms with van der Waals surface area (Å²) in [5.41, 5.74) is 1.92. The Balaban J connectivity index is 1.86. The molecule has 1 aliphatic heterocycles. The molecule has 0 spiro atoms. The predicted molar refractivity (Wildman–Crippen MR) is 141 cm³/mol. The number of nitrogens with one attached hydrogen (secondary N) is 1. The molecule has 1 heterocycles. The number of rotatable bonds is 11. The Morgan fingerprint density at radius 3 is 2.31 bits per heavy atom. The van der Waals surface area contributed by atoms with Crippen LogP contribution in [0.5, 0.6) is 0 Å². The van der Waals surface area contributed by atoms with Gasteiger partial charge in [0.2, 0.25) is 0 Å². The van der Waals surface area contributed by atoms with Gasteiger partial charge in [0, 0.05) is 13.1 Å². The van der Waals surface area contributed by atoms with Crippen LogP contribution in [0.3, 0.4) is 0 Å². The van der Waals surface area contributed by atoms with E-state index in [-0.39, 0.29) is 11.5 Å². The number of unbranched alkanes of at least 4 members (excludes halogenated alkanes) is 1. The van der Waals surface area contributed by atoms with Crippen LogP contribution in [0.1, 0.15) is 70.5 Å². The van der Waals surface area contributed by atoms with Crippen molar-refractivity contribution < 1.29 is 19.8 Å². The molecule has 7 heteroatoms. The van der Waals surface area contributed by atoms with Crippen LogP contribution in [0, 0.1) is 5.41 Å². The maximum atomic E-state index is 13.2. The first-order valence-electron chi connectivity index (χ1n) is 13.0. The molecule has 2 amide bonds. The maximum absolute atomic E-state index is 13.2. The van der Waals surface area contributed by atoms with E-state index in [9.17, 15) is 19.8 Å². The van der Waals surface area contributed by atoms with Crippen molar-refractivity contribution in [2.24, 2.45) is 5.41 Å². The molecule has 36 heavy (non-hydrogen) atoms. The number of carbonyl (C=O) groups excluding carboxylic acids is 1. The van der Waals surface area contributed by atoms with Crippen molar-refractivity contribution in [3.63, 3.8) is 0 Å². The Kier molecular flexibility index (Phi) is 9.51. The van der Waals surface area contributed by atoms with Crippen molar-refractivity contribution in [2.75, 3.05) is 6.54 Å². The van der Waals surface area contributed by atoms with Crippen molar-refractivity contribution in [1.29, 1.82) is 0 Å². The van der Waals surface area contributed by atoms with Gasteiger partial charge in [0.05, 0.1) is 18.2 Å². The lowest BCUT2D eigenvalue weighted by atomic mass is 9.91. The summed E-state index contributed by atoms with van der Waals surface area (Å²) >= 11 is 0. The Hall–Kier alpha value is -2.90. The minimum absolute atomic E-state index is 0.0997. The molecule has 0 saturated carbocycles. The highest BCUT2D eigenvalue weighted by Gasteiger charge is 2.46. The van der Waals surface area contributed by atoms with Gasteiger partial charge in [0.25, 0.3) is 5.91 Å². The molecule has 3 rings (SSSR count). The third-order valence-electron chi connectivity index (χ3n) is 7.06. The predicted octanol–water partition coefficient (Wildman–Crippen LogP) is 5.02. The van der Waals surface area contributed by atoms with Gasteiger partial charge in [-0.25, -0.2) is 4.79 Å². The molecule has 2 aromatic carbocycles. The summed E-state index contributed by atoms with van der Waals surface area (Å²) in [5.74, 6) is -0.550. The second kappa shape index (κ2) is 12.4. The molecule has 196 valence electrons. The van der Waals surface area contributed by atoms with Gasteiger partial charge in [-0.15, -0.1) is 0 Å². The van der Waals surface area contributed by atoms with Crippen LogP contribution in [-0.2, 0) is 11.3 Å². The average molecular weight is 496 g/mol. The van der Waals surface area contributed by atoms with Gasteiger partial charge < -0.3 is 15.5 Å². The quantitative estimate of drug-likeness (QED) is 0.407. The van der Waals surface area contributed by atoms with Gasteiger partial charge >= 0.3 is 6.09 Å². The van der Waals surface area contributed by atoms with Crippen molar-refractivity contribution in [3.05, 3.63) is 71.8 Å². The van der Waals surface area contributed by atoms with E-state index in [1.54, 1.807) is 0 Å². The standard InChI is InChI=1S/C29H41N3O4/c1-5-6-17-24(26(33)27(34)30-21(2)23-15-11-8-12-16-23)32(28(35)36)25-18-29(3,4)20-31(25)19-22-13-9-7-10-14-22/h7-16,21,24-26,33H,5-6,17-20H2,1-4H3,(H,30,34)(H,35,36)/t21-,24+,25?,26?/m1/s1. The molecule has 2 unspecified atom stereocenters. The van der Waals surface area contributed by atoms with E-state index < -0.39 is 30.3 Å². The zero-order valence-corrected chi connectivity index (χ0v) is 21.9. The number of benzene rings is 2. The van der Waals surface area contributed by atoms with Crippen LogP contribution in [0.2, 0.25) is 0 Å². The summed E-state index contributed by atoms with van der Waals surface area (Å²) in [7, 11) is 0. The second-order valence-corrected chi connectivity index (χ2v) is 10.7. The normalized spacial score (nSPS) is 19.9. The molecule has 1 aliphatic rings. The lowest BCUT2D eigenvalue weighted by molar-refractivity contribution is -0.134. The molecule has 1 fully saturated rings. The summed E-state index contributed by atoms with van der Waals surface area (Å²) in [5, 5.41) is 24.5. The Morgan fingerprint density at radius 1 is 1.11 bits per heavy atom. The molecule has 7 nitrogen and oxygen atoms in total. The zero-order chi connectivity index (χ0) is 26.3. The van der Waals surface area contributed by atoms with Gasteiger partial charge in [0.1, 0.15) is 0 Å². The summed E-state index contributed by atoms with van der Waals surface area (Å²) in [6.45, 7) is 9.48. The zero-order valence-electron chi connectivity index (χ0n) is 21.9. The third-order valence-corrected chi connectivity index (χ3v) is 7.06. The summed E-state index contributed by atoms with van der Waals surface area (Å²) < 4.78 is 0. The van der Waals surface area contributed by atoms with Crippen LogP contribution >= 0.6 is 0 Å². The Morgan fingerprint density at radius 2 is 1.72 bits per heavy atom. The lowest BCUT2D eigenvalue weighted by Gasteiger charge is -2.40. The van der Waals surface area contributed by atoms with E-state index in [4.69, 9.17) is 0 Å². The molecule has 4 atom stereocenters. The number of hydrogen-bond acceptors (Lipinski definition) is 4. The molecule has 0 radical (unpaired) electrons. The van der Waals surface area contributed by atoms with Crippen molar-refractivity contribution in [3.8, 4) is 0 Å². The van der Waals surface area contributed by atoms with Crippen LogP contribution < -0.4 is 5.32 Å². The van der Waals surface area contributed by atoms with Gasteiger partial charge in [-0.1, -0.05) is 94.3 Å². The minimum atomic E-state index is -1.47. The Labute approximate surface area is 215 Å². The van der Waals surface area contributed by atoms with Crippen molar-refractivity contribution >= 4 is 12.0 Å². The van der Waals surface area contributed by atoms with E-state index in [0.717, 1.165) is 24.1 Å². The fraction of sp³-hybridized carbons (Fsp3) is 0.517. The fourth-order valence-electron chi connectivity index (χ4n) is 5.25. The maximum Gasteiger partial charge on any atom is 0.408 e. The lowest BCUT2D eigenvalue weighted by Crippen LogP contribution is -2.58. The van der Waals surface area contributed by atoms with Crippen molar-refractivity contribution in [2.45, 2.75) is 84.3 Å². The number of carboxylic acid groups (broad SMARTS) is 1. The highest BCUT2D eigenvalue weighted by molar-refractivity contribution is 5.82. The first kappa shape index (κ1) is 27.7. The number of hydrogen-bond donors (Lipinski definition) is 3. The summed E-state index contributed by atoms with van der Waals surface area (Å²) in [6.07, 6.45) is -0.435. The van der Waals surface area contributed by atoms with E-state index in [1.165, 1.54) is 4.90 Å². The largest absolute Gasteiger partial charge is 0.465 e. The molecule has 1 saturated heterocycles. The number of nitrogens with zero attached hydrogens (tertiary/aromatic N) is 2. The summed E-state index contributed by atoms with van der Waals surface area (Å²) in [4.78, 5) is 29.4. The molecule has 0 aliphatic carbocycles. The first-order chi connectivity index (χ1) is 17.1. The average Bonchev–Trinajstić information content (AvgIpc) is 3.15. The van der Waals surface area contributed by atoms with Crippen LogP contribution in [-0.4, -0.2) is 56.9 Å². The van der Waals surface area contributed by atoms with Crippen molar-refractivity contribution in [1.82, 2.24) is 15.1 Å². The first-order valence-corrected chi connectivity index (χ1v) is 13.0. The molecule has 0 aromatic heterocycles. The third kappa shape index (κ3) is 7.08. The fourth-order valence-corrected chi connectivity index (χ4v) is 5.25. The molecule has 3 N–H and O–H groups in total. The number of amides is 2.